The van der Waals surface area contributed by atoms with Crippen molar-refractivity contribution in [2.24, 2.45) is 23.7 Å². The van der Waals surface area contributed by atoms with Crippen molar-refractivity contribution in [3.05, 3.63) is 11.3 Å². The zero-order valence-electron chi connectivity index (χ0n) is 17.1. The zero-order chi connectivity index (χ0) is 20.2. The largest absolute Gasteiger partial charge is 0.508 e. The van der Waals surface area contributed by atoms with Gasteiger partial charge in [-0.15, -0.1) is 0 Å². The monoisotopic (exact) mass is 365 g/mol. The lowest BCUT2D eigenvalue weighted by molar-refractivity contribution is -0.126. The highest BCUT2D eigenvalue weighted by atomic mass is 16.3. The minimum atomic E-state index is -2.04. The molecule has 0 saturated carbocycles. The third kappa shape index (κ3) is 4.43. The standard InChI is InChI=1S/C21H35NO4/c1-7-14(6)18(23)17-19(24)15(10-8-12(2)3)21(26,20(17)25)16(22)11-9-13(4)5/h12-15,22,25-26H,7-11H2,1-6H3/t14?,15-,21+/m0/s1. The quantitative estimate of drug-likeness (QED) is 0.398. The molecule has 148 valence electrons. The van der Waals surface area contributed by atoms with Gasteiger partial charge in [0.05, 0.1) is 5.92 Å². The summed E-state index contributed by atoms with van der Waals surface area (Å²) in [4.78, 5) is 25.6. The van der Waals surface area contributed by atoms with Crippen LogP contribution >= 0.6 is 0 Å². The SMILES string of the molecule is CCC(C)C(=O)C1=C(O)[C@](O)(C(=N)CCC(C)C)[C@@H](CCC(C)C)C1=O. The smallest absolute Gasteiger partial charge is 0.176 e. The van der Waals surface area contributed by atoms with Crippen molar-refractivity contribution in [3.8, 4) is 0 Å². The highest BCUT2D eigenvalue weighted by Gasteiger charge is 2.57. The third-order valence-corrected chi connectivity index (χ3v) is 5.44. The maximum atomic E-state index is 13.0. The molecule has 0 radical (unpaired) electrons. The molecule has 1 aliphatic carbocycles. The van der Waals surface area contributed by atoms with Gasteiger partial charge in [-0.05, 0) is 37.5 Å². The van der Waals surface area contributed by atoms with Crippen LogP contribution in [0.15, 0.2) is 11.3 Å². The van der Waals surface area contributed by atoms with Crippen molar-refractivity contribution in [2.45, 2.75) is 79.2 Å². The van der Waals surface area contributed by atoms with Crippen molar-refractivity contribution in [1.29, 1.82) is 5.41 Å². The van der Waals surface area contributed by atoms with E-state index in [1.165, 1.54) is 0 Å². The predicted molar refractivity (Wildman–Crippen MR) is 103 cm³/mol. The van der Waals surface area contributed by atoms with Gasteiger partial charge in [0.1, 0.15) is 11.3 Å². The average molecular weight is 366 g/mol. The first kappa shape index (κ1) is 22.6. The summed E-state index contributed by atoms with van der Waals surface area (Å²) in [6.07, 6.45) is 2.53. The molecule has 0 aromatic heterocycles. The van der Waals surface area contributed by atoms with E-state index in [4.69, 9.17) is 5.41 Å². The minimum absolute atomic E-state index is 0.0715. The lowest BCUT2D eigenvalue weighted by Crippen LogP contribution is -2.46. The van der Waals surface area contributed by atoms with E-state index in [2.05, 4.69) is 0 Å². The maximum Gasteiger partial charge on any atom is 0.176 e. The number of rotatable bonds is 10. The molecular formula is C21H35NO4. The fourth-order valence-electron chi connectivity index (χ4n) is 3.32. The lowest BCUT2D eigenvalue weighted by atomic mass is 9.78. The molecule has 0 amide bonds. The van der Waals surface area contributed by atoms with E-state index >= 15 is 0 Å². The number of carbonyl (C=O) groups is 2. The Morgan fingerprint density at radius 1 is 1.15 bits per heavy atom. The molecule has 5 heteroatoms. The molecule has 1 aliphatic rings. The van der Waals surface area contributed by atoms with E-state index in [-0.39, 0.29) is 17.7 Å². The van der Waals surface area contributed by atoms with Crippen LogP contribution in [0.4, 0.5) is 0 Å². The summed E-state index contributed by atoms with van der Waals surface area (Å²) in [6, 6.07) is 0. The molecule has 0 fully saturated rings. The molecule has 1 unspecified atom stereocenters. The Labute approximate surface area is 157 Å². The number of carbonyl (C=O) groups excluding carboxylic acids is 2. The predicted octanol–water partition coefficient (Wildman–Crippen LogP) is 4.24. The third-order valence-electron chi connectivity index (χ3n) is 5.44. The van der Waals surface area contributed by atoms with Crippen LogP contribution in [0.5, 0.6) is 0 Å². The number of nitrogens with one attached hydrogen (secondary N) is 1. The first-order chi connectivity index (χ1) is 12.0. The summed E-state index contributed by atoms with van der Waals surface area (Å²) in [5, 5.41) is 30.4. The van der Waals surface area contributed by atoms with E-state index in [0.29, 0.717) is 37.5 Å². The van der Waals surface area contributed by atoms with Gasteiger partial charge in [0.25, 0.3) is 0 Å². The topological polar surface area (TPSA) is 98.4 Å². The van der Waals surface area contributed by atoms with Crippen molar-refractivity contribution < 1.29 is 19.8 Å². The molecule has 5 nitrogen and oxygen atoms in total. The number of aliphatic hydroxyl groups excluding tert-OH is 1. The van der Waals surface area contributed by atoms with E-state index < -0.39 is 34.8 Å². The second kappa shape index (κ2) is 8.94. The summed E-state index contributed by atoms with van der Waals surface area (Å²) >= 11 is 0. The first-order valence-electron chi connectivity index (χ1n) is 9.80. The highest BCUT2D eigenvalue weighted by Crippen LogP contribution is 2.43. The average Bonchev–Trinajstić information content (AvgIpc) is 2.76. The minimum Gasteiger partial charge on any atom is -0.508 e. The highest BCUT2D eigenvalue weighted by molar-refractivity contribution is 6.26. The normalized spacial score (nSPS) is 24.7. The van der Waals surface area contributed by atoms with Crippen molar-refractivity contribution >= 4 is 17.3 Å². The Balaban J connectivity index is 3.31. The summed E-state index contributed by atoms with van der Waals surface area (Å²) in [6.45, 7) is 11.6. The Kier molecular flexibility index (Phi) is 7.75. The van der Waals surface area contributed by atoms with Gasteiger partial charge in [-0.1, -0.05) is 48.0 Å². The Hall–Kier alpha value is -1.49. The Morgan fingerprint density at radius 3 is 2.15 bits per heavy atom. The molecule has 0 aromatic carbocycles. The number of Topliss-reactive ketones (excluding diaryl/α,β-unsaturated/α-hetero) is 2. The lowest BCUT2D eigenvalue weighted by Gasteiger charge is -2.31. The second-order valence-corrected chi connectivity index (χ2v) is 8.46. The Morgan fingerprint density at radius 2 is 1.69 bits per heavy atom. The number of hydrogen-bond donors (Lipinski definition) is 3. The molecule has 3 atom stereocenters. The molecule has 26 heavy (non-hydrogen) atoms. The van der Waals surface area contributed by atoms with Crippen LogP contribution in [0.1, 0.15) is 73.6 Å². The molecule has 0 aliphatic heterocycles. The molecule has 0 bridgehead atoms. The van der Waals surface area contributed by atoms with Crippen molar-refractivity contribution in [2.75, 3.05) is 0 Å². The van der Waals surface area contributed by atoms with Crippen molar-refractivity contribution in [1.82, 2.24) is 0 Å². The number of hydrogen-bond acceptors (Lipinski definition) is 5. The van der Waals surface area contributed by atoms with Crippen LogP contribution < -0.4 is 0 Å². The second-order valence-electron chi connectivity index (χ2n) is 8.46. The number of aliphatic hydroxyl groups is 2. The molecule has 1 rings (SSSR count). The zero-order valence-corrected chi connectivity index (χ0v) is 17.1. The summed E-state index contributed by atoms with van der Waals surface area (Å²) in [5.74, 6) is -2.26. The summed E-state index contributed by atoms with van der Waals surface area (Å²) in [5.41, 5.74) is -2.40. The number of allylic oxidation sites excluding steroid dienone is 1. The summed E-state index contributed by atoms with van der Waals surface area (Å²) in [7, 11) is 0. The fraction of sp³-hybridized carbons (Fsp3) is 0.762. The van der Waals surface area contributed by atoms with Crippen molar-refractivity contribution in [3.63, 3.8) is 0 Å². The maximum absolute atomic E-state index is 13.0. The van der Waals surface area contributed by atoms with Gasteiger partial charge in [0, 0.05) is 11.6 Å². The molecule has 3 N–H and O–H groups in total. The molecule has 0 saturated heterocycles. The first-order valence-corrected chi connectivity index (χ1v) is 9.80. The van der Waals surface area contributed by atoms with Gasteiger partial charge in [0.2, 0.25) is 0 Å². The summed E-state index contributed by atoms with van der Waals surface area (Å²) < 4.78 is 0. The fourth-order valence-corrected chi connectivity index (χ4v) is 3.32. The van der Waals surface area contributed by atoms with Crippen LogP contribution in [0.25, 0.3) is 0 Å². The van der Waals surface area contributed by atoms with E-state index in [9.17, 15) is 19.8 Å². The molecule has 0 heterocycles. The van der Waals surface area contributed by atoms with Gasteiger partial charge in [-0.3, -0.25) is 9.59 Å². The Bertz CT molecular complexity index is 591. The van der Waals surface area contributed by atoms with Gasteiger partial charge in [-0.2, -0.15) is 0 Å². The van der Waals surface area contributed by atoms with Crippen LogP contribution in [-0.4, -0.2) is 33.1 Å². The van der Waals surface area contributed by atoms with Gasteiger partial charge in [0.15, 0.2) is 17.2 Å². The van der Waals surface area contributed by atoms with Crippen LogP contribution in [0.3, 0.4) is 0 Å². The van der Waals surface area contributed by atoms with E-state index in [1.54, 1.807) is 6.92 Å². The molecule has 0 spiro atoms. The van der Waals surface area contributed by atoms with Gasteiger partial charge in [-0.25, -0.2) is 0 Å². The molecule has 0 aromatic rings. The van der Waals surface area contributed by atoms with Crippen LogP contribution in [0.2, 0.25) is 0 Å². The molecular weight excluding hydrogens is 330 g/mol. The number of ketones is 2. The van der Waals surface area contributed by atoms with Gasteiger partial charge >= 0.3 is 0 Å². The van der Waals surface area contributed by atoms with Gasteiger partial charge < -0.3 is 15.6 Å². The van der Waals surface area contributed by atoms with E-state index in [0.717, 1.165) is 0 Å². The van der Waals surface area contributed by atoms with E-state index in [1.807, 2.05) is 34.6 Å². The van der Waals surface area contributed by atoms with Crippen LogP contribution in [-0.2, 0) is 9.59 Å². The van der Waals surface area contributed by atoms with Crippen LogP contribution in [0, 0.1) is 29.1 Å².